The molecule has 3 aromatic rings. The van der Waals surface area contributed by atoms with E-state index in [0.717, 1.165) is 26.6 Å². The summed E-state index contributed by atoms with van der Waals surface area (Å²) in [7, 11) is -2.17. The molecule has 0 aliphatic carbocycles. The fourth-order valence-corrected chi connectivity index (χ4v) is 5.91. The van der Waals surface area contributed by atoms with Crippen molar-refractivity contribution in [2.24, 2.45) is 0 Å². The second-order valence-electron chi connectivity index (χ2n) is 6.45. The molecule has 5 nitrogen and oxygen atoms in total. The molecule has 0 bridgehead atoms. The van der Waals surface area contributed by atoms with Crippen LogP contribution in [0, 0.1) is 34.6 Å². The van der Waals surface area contributed by atoms with Crippen LogP contribution in [0.15, 0.2) is 33.7 Å². The summed E-state index contributed by atoms with van der Waals surface area (Å²) in [5, 5.41) is 4.00. The summed E-state index contributed by atoms with van der Waals surface area (Å²) in [6.45, 7) is 9.46. The quantitative estimate of drug-likeness (QED) is 0.644. The Hall–Kier alpha value is -2.12. The van der Waals surface area contributed by atoms with Crippen molar-refractivity contribution in [3.8, 4) is 11.3 Å². The van der Waals surface area contributed by atoms with Gasteiger partial charge in [0.25, 0.3) is 10.0 Å². The van der Waals surface area contributed by atoms with Crippen molar-refractivity contribution in [1.29, 1.82) is 0 Å². The predicted octanol–water partition coefficient (Wildman–Crippen LogP) is 4.77. The van der Waals surface area contributed by atoms with Crippen LogP contribution in [0.3, 0.4) is 0 Å². The van der Waals surface area contributed by atoms with Gasteiger partial charge in [-0.1, -0.05) is 22.9 Å². The normalized spacial score (nSPS) is 11.8. The zero-order chi connectivity index (χ0) is 19.2. The van der Waals surface area contributed by atoms with Gasteiger partial charge in [0.2, 0.25) is 0 Å². The van der Waals surface area contributed by atoms with Crippen molar-refractivity contribution >= 4 is 27.0 Å². The van der Waals surface area contributed by atoms with Gasteiger partial charge in [-0.3, -0.25) is 4.31 Å². The molecule has 0 amide bonds. The molecule has 0 fully saturated rings. The van der Waals surface area contributed by atoms with Crippen molar-refractivity contribution < 1.29 is 12.9 Å². The van der Waals surface area contributed by atoms with E-state index in [4.69, 9.17) is 4.52 Å². The molecule has 138 valence electrons. The lowest BCUT2D eigenvalue weighted by Gasteiger charge is -2.20. The molecule has 7 heteroatoms. The molecular formula is C19H22N2O3S2. The van der Waals surface area contributed by atoms with Crippen LogP contribution in [0.25, 0.3) is 11.3 Å². The van der Waals surface area contributed by atoms with Crippen molar-refractivity contribution in [2.75, 3.05) is 11.4 Å². The van der Waals surface area contributed by atoms with Crippen LogP contribution in [0.1, 0.15) is 26.6 Å². The van der Waals surface area contributed by atoms with E-state index in [0.29, 0.717) is 21.9 Å². The van der Waals surface area contributed by atoms with Gasteiger partial charge in [0.15, 0.2) is 5.76 Å². The molecule has 0 aliphatic heterocycles. The second kappa shape index (κ2) is 6.55. The first kappa shape index (κ1) is 18.7. The Bertz CT molecular complexity index is 1060. The lowest BCUT2D eigenvalue weighted by atomic mass is 10.1. The molecule has 0 radical (unpaired) electrons. The Kier molecular flexibility index (Phi) is 4.71. The number of aryl methyl sites for hydroxylation is 4. The minimum atomic E-state index is -3.75. The van der Waals surface area contributed by atoms with Gasteiger partial charge in [0.05, 0.1) is 16.9 Å². The van der Waals surface area contributed by atoms with E-state index in [9.17, 15) is 8.42 Å². The van der Waals surface area contributed by atoms with Crippen LogP contribution >= 0.6 is 11.3 Å². The third kappa shape index (κ3) is 2.95. The third-order valence-electron chi connectivity index (χ3n) is 4.61. The molecule has 0 saturated heterocycles. The standard InChI is InChI=1S/C19H22N2O3S2/c1-11-7-9-16(10-8-11)21(6)26(22,23)19-15(5)25-14(4)17(19)18-12(2)13(3)20-24-18/h7-10H,1-6H3. The fraction of sp³-hybridized carbons (Fsp3) is 0.316. The van der Waals surface area contributed by atoms with Crippen LogP contribution in [0.5, 0.6) is 0 Å². The Labute approximate surface area is 158 Å². The Morgan fingerprint density at radius 1 is 1.00 bits per heavy atom. The monoisotopic (exact) mass is 390 g/mol. The van der Waals surface area contributed by atoms with E-state index in [-0.39, 0.29) is 0 Å². The van der Waals surface area contributed by atoms with Gasteiger partial charge >= 0.3 is 0 Å². The SMILES string of the molecule is Cc1ccc(N(C)S(=O)(=O)c2c(C)sc(C)c2-c2onc(C)c2C)cc1. The summed E-state index contributed by atoms with van der Waals surface area (Å²) >= 11 is 1.46. The highest BCUT2D eigenvalue weighted by atomic mass is 32.2. The smallest absolute Gasteiger partial charge is 0.265 e. The summed E-state index contributed by atoms with van der Waals surface area (Å²) in [6, 6.07) is 7.42. The highest BCUT2D eigenvalue weighted by Crippen LogP contribution is 2.42. The molecule has 0 saturated carbocycles. The molecule has 0 unspecified atom stereocenters. The number of benzene rings is 1. The third-order valence-corrected chi connectivity index (χ3v) is 7.71. The number of sulfonamides is 1. The van der Waals surface area contributed by atoms with Gasteiger partial charge in [-0.25, -0.2) is 8.42 Å². The topological polar surface area (TPSA) is 63.4 Å². The first-order chi connectivity index (χ1) is 12.1. The molecule has 26 heavy (non-hydrogen) atoms. The van der Waals surface area contributed by atoms with E-state index in [1.807, 2.05) is 58.9 Å². The van der Waals surface area contributed by atoms with Crippen LogP contribution in [-0.4, -0.2) is 20.6 Å². The molecular weight excluding hydrogens is 368 g/mol. The van der Waals surface area contributed by atoms with E-state index in [1.54, 1.807) is 7.05 Å². The summed E-state index contributed by atoms with van der Waals surface area (Å²) in [4.78, 5) is 1.94. The zero-order valence-corrected chi connectivity index (χ0v) is 17.4. The van der Waals surface area contributed by atoms with E-state index < -0.39 is 10.0 Å². The molecule has 2 heterocycles. The number of aromatic nitrogens is 1. The summed E-state index contributed by atoms with van der Waals surface area (Å²) in [5.74, 6) is 0.528. The summed E-state index contributed by atoms with van der Waals surface area (Å²) in [6.07, 6.45) is 0. The lowest BCUT2D eigenvalue weighted by molar-refractivity contribution is 0.426. The highest BCUT2D eigenvalue weighted by molar-refractivity contribution is 7.93. The van der Waals surface area contributed by atoms with Crippen LogP contribution in [0.4, 0.5) is 5.69 Å². The van der Waals surface area contributed by atoms with Crippen LogP contribution < -0.4 is 4.31 Å². The Morgan fingerprint density at radius 3 is 2.15 bits per heavy atom. The summed E-state index contributed by atoms with van der Waals surface area (Å²) < 4.78 is 33.7. The van der Waals surface area contributed by atoms with Gasteiger partial charge in [0, 0.05) is 22.4 Å². The number of hydrogen-bond acceptors (Lipinski definition) is 5. The number of nitrogens with zero attached hydrogens (tertiary/aromatic N) is 2. The van der Waals surface area contributed by atoms with Gasteiger partial charge in [-0.15, -0.1) is 11.3 Å². The maximum Gasteiger partial charge on any atom is 0.265 e. The minimum Gasteiger partial charge on any atom is -0.356 e. The van der Waals surface area contributed by atoms with Gasteiger partial charge in [-0.2, -0.15) is 0 Å². The average molecular weight is 391 g/mol. The van der Waals surface area contributed by atoms with Crippen LogP contribution in [0.2, 0.25) is 0 Å². The van der Waals surface area contributed by atoms with Gasteiger partial charge in [0.1, 0.15) is 4.90 Å². The van der Waals surface area contributed by atoms with Crippen LogP contribution in [-0.2, 0) is 10.0 Å². The molecule has 2 aromatic heterocycles. The molecule has 3 rings (SSSR count). The largest absolute Gasteiger partial charge is 0.356 e. The average Bonchev–Trinajstić information content (AvgIpc) is 3.06. The minimum absolute atomic E-state index is 0.294. The number of thiophene rings is 1. The predicted molar refractivity (Wildman–Crippen MR) is 106 cm³/mol. The summed E-state index contributed by atoms with van der Waals surface area (Å²) in [5.41, 5.74) is 3.94. The van der Waals surface area contributed by atoms with Crippen molar-refractivity contribution in [1.82, 2.24) is 5.16 Å². The zero-order valence-electron chi connectivity index (χ0n) is 15.7. The first-order valence-corrected chi connectivity index (χ1v) is 10.5. The van der Waals surface area contributed by atoms with Crippen molar-refractivity contribution in [3.05, 3.63) is 50.8 Å². The molecule has 0 N–H and O–H groups in total. The number of anilines is 1. The number of rotatable bonds is 4. The molecule has 0 spiro atoms. The highest BCUT2D eigenvalue weighted by Gasteiger charge is 2.32. The fourth-order valence-electron chi connectivity index (χ4n) is 2.92. The van der Waals surface area contributed by atoms with E-state index in [1.165, 1.54) is 15.6 Å². The van der Waals surface area contributed by atoms with E-state index >= 15 is 0 Å². The maximum atomic E-state index is 13.4. The van der Waals surface area contributed by atoms with Gasteiger partial charge < -0.3 is 4.52 Å². The Balaban J connectivity index is 2.20. The second-order valence-corrected chi connectivity index (χ2v) is 9.78. The molecule has 0 aliphatic rings. The Morgan fingerprint density at radius 2 is 1.62 bits per heavy atom. The molecule has 0 atom stereocenters. The molecule has 1 aromatic carbocycles. The lowest BCUT2D eigenvalue weighted by Crippen LogP contribution is -2.27. The maximum absolute atomic E-state index is 13.4. The van der Waals surface area contributed by atoms with Gasteiger partial charge in [-0.05, 0) is 46.8 Å². The van der Waals surface area contributed by atoms with Crippen molar-refractivity contribution in [3.63, 3.8) is 0 Å². The van der Waals surface area contributed by atoms with Crippen molar-refractivity contribution in [2.45, 2.75) is 39.5 Å². The number of hydrogen-bond donors (Lipinski definition) is 0. The first-order valence-electron chi connectivity index (χ1n) is 8.23. The van der Waals surface area contributed by atoms with E-state index in [2.05, 4.69) is 5.16 Å².